The van der Waals surface area contributed by atoms with Crippen LogP contribution in [0.1, 0.15) is 58.2 Å². The van der Waals surface area contributed by atoms with Crippen LogP contribution in [0.15, 0.2) is 24.8 Å². The van der Waals surface area contributed by atoms with Crippen molar-refractivity contribution < 1.29 is 15.0 Å². The molecule has 0 spiro atoms. The lowest BCUT2D eigenvalue weighted by molar-refractivity contribution is -0.140. The van der Waals surface area contributed by atoms with E-state index in [2.05, 4.69) is 6.58 Å². The number of aromatic hydroxyl groups is 1. The molecule has 1 atom stereocenters. The van der Waals surface area contributed by atoms with Crippen molar-refractivity contribution in [3.63, 3.8) is 0 Å². The lowest BCUT2D eigenvalue weighted by Crippen LogP contribution is -2.19. The predicted molar refractivity (Wildman–Crippen MR) is 90.5 cm³/mol. The Bertz CT molecular complexity index is 536. The molecule has 0 aliphatic rings. The summed E-state index contributed by atoms with van der Waals surface area (Å²) in [4.78, 5) is 11.2. The summed E-state index contributed by atoms with van der Waals surface area (Å²) < 4.78 is 0. The number of hydrogen-bond donors (Lipinski definition) is 2. The van der Waals surface area contributed by atoms with Gasteiger partial charge in [0, 0.05) is 0 Å². The molecule has 0 aliphatic heterocycles. The van der Waals surface area contributed by atoms with E-state index < -0.39 is 11.9 Å². The fraction of sp³-hybridized carbons (Fsp3) is 0.526. The van der Waals surface area contributed by atoms with Gasteiger partial charge in [-0.05, 0) is 33.9 Å². The van der Waals surface area contributed by atoms with Crippen molar-refractivity contribution >= 4 is 5.97 Å². The second-order valence-corrected chi connectivity index (χ2v) is 7.92. The van der Waals surface area contributed by atoms with Gasteiger partial charge in [-0.15, -0.1) is 6.58 Å². The molecule has 22 heavy (non-hydrogen) atoms. The number of carbonyl (C=O) groups is 1. The molecule has 1 rings (SSSR count). The molecular weight excluding hydrogens is 276 g/mol. The molecular formula is C19H28O3. The molecule has 1 unspecified atom stereocenters. The Hall–Kier alpha value is -1.77. The topological polar surface area (TPSA) is 57.5 Å². The molecule has 0 amide bonds. The van der Waals surface area contributed by atoms with Crippen LogP contribution in [0, 0.1) is 5.92 Å². The molecule has 0 bridgehead atoms. The third-order valence-corrected chi connectivity index (χ3v) is 3.84. The quantitative estimate of drug-likeness (QED) is 0.810. The number of phenols is 1. The van der Waals surface area contributed by atoms with Crippen molar-refractivity contribution in [3.8, 4) is 5.75 Å². The second kappa shape index (κ2) is 6.15. The summed E-state index contributed by atoms with van der Waals surface area (Å²) in [5, 5.41) is 19.9. The van der Waals surface area contributed by atoms with Crippen molar-refractivity contribution in [2.24, 2.45) is 5.92 Å². The molecule has 0 fully saturated rings. The standard InChI is InChI=1S/C19H28O3/c1-8-13(17(21)22)9-12-10-14(18(2,3)4)16(20)15(11-12)19(5,6)7/h8,10-11,13,20H,1,9H2,2-7H3,(H,21,22). The lowest BCUT2D eigenvalue weighted by Gasteiger charge is -2.28. The van der Waals surface area contributed by atoms with E-state index >= 15 is 0 Å². The Morgan fingerprint density at radius 2 is 1.55 bits per heavy atom. The normalized spacial score (nSPS) is 13.7. The number of carboxylic acids is 1. The third kappa shape index (κ3) is 4.12. The van der Waals surface area contributed by atoms with Gasteiger partial charge in [-0.2, -0.15) is 0 Å². The zero-order chi connectivity index (χ0) is 17.3. The molecule has 0 saturated carbocycles. The molecule has 1 aromatic carbocycles. The van der Waals surface area contributed by atoms with Crippen molar-refractivity contribution in [1.82, 2.24) is 0 Å². The largest absolute Gasteiger partial charge is 0.507 e. The molecule has 122 valence electrons. The summed E-state index contributed by atoms with van der Waals surface area (Å²) in [6.07, 6.45) is 1.84. The van der Waals surface area contributed by atoms with Crippen LogP contribution in [0.3, 0.4) is 0 Å². The summed E-state index contributed by atoms with van der Waals surface area (Å²) >= 11 is 0. The van der Waals surface area contributed by atoms with Crippen LogP contribution in [0.5, 0.6) is 5.75 Å². The van der Waals surface area contributed by atoms with Gasteiger partial charge in [0.1, 0.15) is 5.75 Å². The zero-order valence-electron chi connectivity index (χ0n) is 14.5. The fourth-order valence-electron chi connectivity index (χ4n) is 2.48. The van der Waals surface area contributed by atoms with Crippen LogP contribution in [0.25, 0.3) is 0 Å². The monoisotopic (exact) mass is 304 g/mol. The molecule has 0 aliphatic carbocycles. The number of benzene rings is 1. The van der Waals surface area contributed by atoms with E-state index in [1.54, 1.807) is 0 Å². The first-order valence-corrected chi connectivity index (χ1v) is 7.60. The summed E-state index contributed by atoms with van der Waals surface area (Å²) in [6, 6.07) is 3.84. The van der Waals surface area contributed by atoms with Gasteiger partial charge < -0.3 is 10.2 Å². The molecule has 0 heterocycles. The smallest absolute Gasteiger partial charge is 0.310 e. The van der Waals surface area contributed by atoms with Crippen molar-refractivity contribution in [2.75, 3.05) is 0 Å². The lowest BCUT2D eigenvalue weighted by atomic mass is 9.77. The molecule has 0 radical (unpaired) electrons. The van der Waals surface area contributed by atoms with E-state index in [0.717, 1.165) is 16.7 Å². The molecule has 3 heteroatoms. The minimum Gasteiger partial charge on any atom is -0.507 e. The summed E-state index contributed by atoms with van der Waals surface area (Å²) in [7, 11) is 0. The van der Waals surface area contributed by atoms with Crippen LogP contribution in [-0.2, 0) is 22.0 Å². The van der Waals surface area contributed by atoms with E-state index in [9.17, 15) is 15.0 Å². The average molecular weight is 304 g/mol. The van der Waals surface area contributed by atoms with Crippen LogP contribution in [0.4, 0.5) is 0 Å². The Kier molecular flexibility index (Phi) is 5.11. The van der Waals surface area contributed by atoms with E-state index in [4.69, 9.17) is 0 Å². The number of aliphatic carboxylic acids is 1. The maximum absolute atomic E-state index is 11.2. The van der Waals surface area contributed by atoms with E-state index in [1.165, 1.54) is 6.08 Å². The minimum atomic E-state index is -0.877. The van der Waals surface area contributed by atoms with E-state index in [1.807, 2.05) is 53.7 Å². The third-order valence-electron chi connectivity index (χ3n) is 3.84. The highest BCUT2D eigenvalue weighted by Gasteiger charge is 2.27. The van der Waals surface area contributed by atoms with Gasteiger partial charge >= 0.3 is 5.97 Å². The SMILES string of the molecule is C=CC(Cc1cc(C(C)(C)C)c(O)c(C(C)(C)C)c1)C(=O)O. The molecule has 3 nitrogen and oxygen atoms in total. The Morgan fingerprint density at radius 1 is 1.14 bits per heavy atom. The van der Waals surface area contributed by atoms with Gasteiger partial charge in [-0.3, -0.25) is 4.79 Å². The fourth-order valence-corrected chi connectivity index (χ4v) is 2.48. The highest BCUT2D eigenvalue weighted by molar-refractivity contribution is 5.72. The molecule has 0 aromatic heterocycles. The number of phenolic OH excluding ortho intramolecular Hbond substituents is 1. The zero-order valence-corrected chi connectivity index (χ0v) is 14.5. The second-order valence-electron chi connectivity index (χ2n) is 7.92. The maximum Gasteiger partial charge on any atom is 0.310 e. The van der Waals surface area contributed by atoms with Crippen LogP contribution >= 0.6 is 0 Å². The van der Waals surface area contributed by atoms with Gasteiger partial charge in [0.05, 0.1) is 5.92 Å². The van der Waals surface area contributed by atoms with E-state index in [0.29, 0.717) is 12.2 Å². The van der Waals surface area contributed by atoms with Crippen molar-refractivity contribution in [3.05, 3.63) is 41.5 Å². The van der Waals surface area contributed by atoms with Gasteiger partial charge in [-0.25, -0.2) is 0 Å². The van der Waals surface area contributed by atoms with E-state index in [-0.39, 0.29) is 10.8 Å². The first-order chi connectivity index (χ1) is 9.87. The number of hydrogen-bond acceptors (Lipinski definition) is 2. The highest BCUT2D eigenvalue weighted by Crippen LogP contribution is 2.40. The minimum absolute atomic E-state index is 0.215. The number of rotatable bonds is 4. The molecule has 1 aromatic rings. The van der Waals surface area contributed by atoms with Crippen LogP contribution < -0.4 is 0 Å². The predicted octanol–water partition coefficient (Wildman–Crippen LogP) is 4.42. The molecule has 2 N–H and O–H groups in total. The average Bonchev–Trinajstić information content (AvgIpc) is 2.34. The summed E-state index contributed by atoms with van der Waals surface area (Å²) in [5.74, 6) is -1.18. The molecule has 0 saturated heterocycles. The van der Waals surface area contributed by atoms with Crippen LogP contribution in [-0.4, -0.2) is 16.2 Å². The first kappa shape index (κ1) is 18.3. The van der Waals surface area contributed by atoms with Gasteiger partial charge in [0.15, 0.2) is 0 Å². The summed E-state index contributed by atoms with van der Waals surface area (Å²) in [6.45, 7) is 15.9. The Balaban J connectivity index is 3.48. The maximum atomic E-state index is 11.2. The number of carboxylic acid groups (broad SMARTS) is 1. The van der Waals surface area contributed by atoms with Gasteiger partial charge in [0.25, 0.3) is 0 Å². The van der Waals surface area contributed by atoms with Gasteiger partial charge in [-0.1, -0.05) is 59.8 Å². The first-order valence-electron chi connectivity index (χ1n) is 7.60. The van der Waals surface area contributed by atoms with Gasteiger partial charge in [0.2, 0.25) is 0 Å². The van der Waals surface area contributed by atoms with Crippen LogP contribution in [0.2, 0.25) is 0 Å². The Labute approximate surface area is 133 Å². The van der Waals surface area contributed by atoms with Crippen molar-refractivity contribution in [2.45, 2.75) is 58.8 Å². The van der Waals surface area contributed by atoms with Crippen molar-refractivity contribution in [1.29, 1.82) is 0 Å². The summed E-state index contributed by atoms with van der Waals surface area (Å²) in [5.41, 5.74) is 2.19. The Morgan fingerprint density at radius 3 is 1.82 bits per heavy atom. The highest BCUT2D eigenvalue weighted by atomic mass is 16.4.